The van der Waals surface area contributed by atoms with Crippen molar-refractivity contribution in [2.75, 3.05) is 0 Å². The minimum absolute atomic E-state index is 0.646. The summed E-state index contributed by atoms with van der Waals surface area (Å²) in [5.41, 5.74) is 3.70. The van der Waals surface area contributed by atoms with Gasteiger partial charge < -0.3 is 4.57 Å². The third-order valence-corrected chi connectivity index (χ3v) is 3.95. The van der Waals surface area contributed by atoms with Crippen LogP contribution in [0.3, 0.4) is 0 Å². The smallest absolute Gasteiger partial charge is 0.141 e. The Bertz CT molecular complexity index is 827. The molecule has 1 aromatic heterocycles. The Kier molecular flexibility index (Phi) is 3.45. The molecular weight excluding hydrogens is 361 g/mol. The number of rotatable bonds is 2. The van der Waals surface area contributed by atoms with Gasteiger partial charge >= 0.3 is 0 Å². The monoisotopic (exact) mass is 373 g/mol. The van der Waals surface area contributed by atoms with E-state index in [-0.39, 0.29) is 0 Å². The number of hydrogen-bond donors (Lipinski definition) is 0. The van der Waals surface area contributed by atoms with Crippen LogP contribution in [0.25, 0.3) is 22.4 Å². The predicted molar refractivity (Wildman–Crippen MR) is 88.3 cm³/mol. The summed E-state index contributed by atoms with van der Waals surface area (Å²) in [6.45, 7) is 2.96. The molecule has 0 amide bonds. The maximum atomic E-state index is 9.00. The number of nitriles is 1. The molecule has 3 rings (SSSR count). The number of imidazole rings is 1. The van der Waals surface area contributed by atoms with Crippen molar-refractivity contribution in [3.8, 4) is 17.5 Å². The Morgan fingerprint density at radius 1 is 1.25 bits per heavy atom. The molecule has 0 saturated carbocycles. The number of hydrogen-bond acceptors (Lipinski definition) is 2. The van der Waals surface area contributed by atoms with Gasteiger partial charge in [-0.1, -0.05) is 12.1 Å². The number of benzene rings is 2. The topological polar surface area (TPSA) is 41.6 Å². The first kappa shape index (κ1) is 13.1. The standard InChI is InChI=1S/C16H12IN3/c1-2-20-15-7-6-11(10-18)8-14(15)19-16(20)12-4-3-5-13(17)9-12/h3-9H,2H2,1H3. The van der Waals surface area contributed by atoms with E-state index in [2.05, 4.69) is 58.4 Å². The van der Waals surface area contributed by atoms with E-state index in [0.29, 0.717) is 5.56 Å². The Morgan fingerprint density at radius 3 is 2.80 bits per heavy atom. The summed E-state index contributed by atoms with van der Waals surface area (Å²) in [5.74, 6) is 0.955. The van der Waals surface area contributed by atoms with Crippen molar-refractivity contribution in [1.29, 1.82) is 5.26 Å². The Balaban J connectivity index is 2.28. The quantitative estimate of drug-likeness (QED) is 0.632. The van der Waals surface area contributed by atoms with Gasteiger partial charge in [-0.2, -0.15) is 5.26 Å². The van der Waals surface area contributed by atoms with Gasteiger partial charge in [0.05, 0.1) is 22.7 Å². The van der Waals surface area contributed by atoms with Crippen molar-refractivity contribution in [3.05, 3.63) is 51.6 Å². The first-order valence-electron chi connectivity index (χ1n) is 6.39. The molecule has 3 nitrogen and oxygen atoms in total. The SMILES string of the molecule is CCn1c(-c2cccc(I)c2)nc2cc(C#N)ccc21. The third-order valence-electron chi connectivity index (χ3n) is 3.28. The van der Waals surface area contributed by atoms with Gasteiger partial charge in [-0.25, -0.2) is 4.98 Å². The minimum Gasteiger partial charge on any atom is -0.324 e. The Labute approximate surface area is 131 Å². The molecule has 0 aliphatic heterocycles. The van der Waals surface area contributed by atoms with Gasteiger partial charge in [0.1, 0.15) is 5.82 Å². The van der Waals surface area contributed by atoms with E-state index in [9.17, 15) is 0 Å². The first-order chi connectivity index (χ1) is 9.72. The van der Waals surface area contributed by atoms with Crippen molar-refractivity contribution in [2.45, 2.75) is 13.5 Å². The van der Waals surface area contributed by atoms with E-state index < -0.39 is 0 Å². The van der Waals surface area contributed by atoms with Crippen molar-refractivity contribution in [2.24, 2.45) is 0 Å². The highest BCUT2D eigenvalue weighted by molar-refractivity contribution is 14.1. The number of nitrogens with zero attached hydrogens (tertiary/aromatic N) is 3. The molecule has 98 valence electrons. The second-order valence-electron chi connectivity index (χ2n) is 4.51. The van der Waals surface area contributed by atoms with Crippen molar-refractivity contribution < 1.29 is 0 Å². The fourth-order valence-corrected chi connectivity index (χ4v) is 2.91. The van der Waals surface area contributed by atoms with Gasteiger partial charge in [0.15, 0.2) is 0 Å². The third kappa shape index (κ3) is 2.18. The number of halogens is 1. The molecule has 0 spiro atoms. The van der Waals surface area contributed by atoms with Crippen molar-refractivity contribution in [1.82, 2.24) is 9.55 Å². The largest absolute Gasteiger partial charge is 0.324 e. The molecule has 0 N–H and O–H groups in total. The normalized spacial score (nSPS) is 10.7. The lowest BCUT2D eigenvalue weighted by Crippen LogP contribution is -1.97. The number of aromatic nitrogens is 2. The summed E-state index contributed by atoms with van der Waals surface area (Å²) in [6, 6.07) is 16.1. The van der Waals surface area contributed by atoms with Crippen molar-refractivity contribution in [3.63, 3.8) is 0 Å². The van der Waals surface area contributed by atoms with E-state index in [4.69, 9.17) is 10.2 Å². The molecule has 0 radical (unpaired) electrons. The van der Waals surface area contributed by atoms with Crippen LogP contribution >= 0.6 is 22.6 Å². The molecule has 0 atom stereocenters. The van der Waals surface area contributed by atoms with Gasteiger partial charge in [-0.3, -0.25) is 0 Å². The Hall–Kier alpha value is -1.87. The van der Waals surface area contributed by atoms with Crippen LogP contribution in [0.1, 0.15) is 12.5 Å². The molecule has 4 heteroatoms. The first-order valence-corrected chi connectivity index (χ1v) is 7.47. The van der Waals surface area contributed by atoms with Crippen LogP contribution in [0.4, 0.5) is 0 Å². The molecule has 0 unspecified atom stereocenters. The predicted octanol–water partition coefficient (Wildman–Crippen LogP) is 4.20. The summed E-state index contributed by atoms with van der Waals surface area (Å²) < 4.78 is 3.37. The highest BCUT2D eigenvalue weighted by atomic mass is 127. The zero-order valence-electron chi connectivity index (χ0n) is 11.0. The molecule has 0 bridgehead atoms. The Morgan fingerprint density at radius 2 is 2.10 bits per heavy atom. The van der Waals surface area contributed by atoms with Crippen LogP contribution in [0.2, 0.25) is 0 Å². The summed E-state index contributed by atoms with van der Waals surface area (Å²) in [5, 5.41) is 9.00. The number of fused-ring (bicyclic) bond motifs is 1. The molecule has 0 fully saturated rings. The molecule has 0 aliphatic carbocycles. The lowest BCUT2D eigenvalue weighted by Gasteiger charge is -2.06. The molecule has 3 aromatic rings. The molecule has 1 heterocycles. The molecule has 20 heavy (non-hydrogen) atoms. The van der Waals surface area contributed by atoms with Gasteiger partial charge in [0, 0.05) is 15.7 Å². The molecule has 0 saturated heterocycles. The minimum atomic E-state index is 0.646. The molecular formula is C16H12IN3. The lowest BCUT2D eigenvalue weighted by molar-refractivity contribution is 0.796. The van der Waals surface area contributed by atoms with E-state index in [1.807, 2.05) is 24.3 Å². The van der Waals surface area contributed by atoms with E-state index >= 15 is 0 Å². The highest BCUT2D eigenvalue weighted by Gasteiger charge is 2.12. The summed E-state index contributed by atoms with van der Waals surface area (Å²) in [4.78, 5) is 4.71. The lowest BCUT2D eigenvalue weighted by atomic mass is 10.2. The summed E-state index contributed by atoms with van der Waals surface area (Å²) in [7, 11) is 0. The van der Waals surface area contributed by atoms with Crippen LogP contribution in [0.15, 0.2) is 42.5 Å². The van der Waals surface area contributed by atoms with Crippen LogP contribution < -0.4 is 0 Å². The van der Waals surface area contributed by atoms with Gasteiger partial charge in [-0.05, 0) is 59.8 Å². The second kappa shape index (κ2) is 5.25. The maximum absolute atomic E-state index is 9.00. The summed E-state index contributed by atoms with van der Waals surface area (Å²) in [6.07, 6.45) is 0. The van der Waals surface area contributed by atoms with Crippen molar-refractivity contribution >= 4 is 33.6 Å². The van der Waals surface area contributed by atoms with Gasteiger partial charge in [0.2, 0.25) is 0 Å². The van der Waals surface area contributed by atoms with E-state index in [0.717, 1.165) is 29.0 Å². The molecule has 0 aliphatic rings. The maximum Gasteiger partial charge on any atom is 0.141 e. The van der Waals surface area contributed by atoms with Crippen LogP contribution in [0.5, 0.6) is 0 Å². The molecule has 2 aromatic carbocycles. The van der Waals surface area contributed by atoms with Crippen LogP contribution in [-0.2, 0) is 6.54 Å². The van der Waals surface area contributed by atoms with Crippen LogP contribution in [0, 0.1) is 14.9 Å². The second-order valence-corrected chi connectivity index (χ2v) is 5.75. The zero-order chi connectivity index (χ0) is 14.1. The van der Waals surface area contributed by atoms with E-state index in [1.54, 1.807) is 0 Å². The number of aryl methyl sites for hydroxylation is 1. The fourth-order valence-electron chi connectivity index (χ4n) is 2.37. The highest BCUT2D eigenvalue weighted by Crippen LogP contribution is 2.26. The van der Waals surface area contributed by atoms with Gasteiger partial charge in [-0.15, -0.1) is 0 Å². The average molecular weight is 373 g/mol. The van der Waals surface area contributed by atoms with Crippen LogP contribution in [-0.4, -0.2) is 9.55 Å². The summed E-state index contributed by atoms with van der Waals surface area (Å²) >= 11 is 2.31. The van der Waals surface area contributed by atoms with Gasteiger partial charge in [0.25, 0.3) is 0 Å². The zero-order valence-corrected chi connectivity index (χ0v) is 13.1. The fraction of sp³-hybridized carbons (Fsp3) is 0.125. The van der Waals surface area contributed by atoms with E-state index in [1.165, 1.54) is 3.57 Å². The average Bonchev–Trinajstić information content (AvgIpc) is 2.84.